The van der Waals surface area contributed by atoms with Gasteiger partial charge in [-0.05, 0) is 55.5 Å². The fourth-order valence-electron chi connectivity index (χ4n) is 7.19. The maximum atomic E-state index is 14.3. The Kier molecular flexibility index (Phi) is 9.25. The molecule has 2 aliphatic rings. The third-order valence-corrected chi connectivity index (χ3v) is 9.73. The number of hydrogen-bond acceptors (Lipinski definition) is 8. The van der Waals surface area contributed by atoms with E-state index >= 15 is 0 Å². The SMILES string of the molecule is COCCOCCN1CCN([C@H]2CC[C@H](n3nc(-c4ccc5[nH]c(Cc6ccccc6F)cc5c4)c4c(N)ncnc43)CC2)CC1. The monoisotopic (exact) mass is 626 g/mol. The molecule has 0 radical (unpaired) electrons. The first-order valence-corrected chi connectivity index (χ1v) is 16.4. The number of hydrogen-bond donors (Lipinski definition) is 2. The number of ether oxygens (including phenoxy) is 2. The van der Waals surface area contributed by atoms with Crippen LogP contribution in [0.1, 0.15) is 43.0 Å². The topological polar surface area (TPSA) is 110 Å². The number of aromatic amines is 1. The molecule has 11 heteroatoms. The van der Waals surface area contributed by atoms with Crippen LogP contribution in [0, 0.1) is 5.82 Å². The number of nitrogen functional groups attached to an aromatic ring is 1. The number of benzene rings is 2. The highest BCUT2D eigenvalue weighted by atomic mass is 19.1. The Labute approximate surface area is 268 Å². The van der Waals surface area contributed by atoms with E-state index in [1.54, 1.807) is 13.2 Å². The first kappa shape index (κ1) is 30.7. The molecular weight excluding hydrogens is 583 g/mol. The second-order valence-corrected chi connectivity index (χ2v) is 12.6. The van der Waals surface area contributed by atoms with Crippen LogP contribution in [0.3, 0.4) is 0 Å². The second-order valence-electron chi connectivity index (χ2n) is 12.6. The van der Waals surface area contributed by atoms with E-state index in [0.717, 1.165) is 104 Å². The number of nitrogens with zero attached hydrogens (tertiary/aromatic N) is 6. The van der Waals surface area contributed by atoms with Crippen molar-refractivity contribution in [3.63, 3.8) is 0 Å². The molecule has 4 heterocycles. The van der Waals surface area contributed by atoms with E-state index in [0.29, 0.717) is 37.1 Å². The van der Waals surface area contributed by atoms with Gasteiger partial charge >= 0.3 is 0 Å². The molecule has 46 heavy (non-hydrogen) atoms. The highest BCUT2D eigenvalue weighted by molar-refractivity contribution is 6.00. The van der Waals surface area contributed by atoms with E-state index in [2.05, 4.69) is 53.7 Å². The molecule has 0 unspecified atom stereocenters. The number of anilines is 1. The summed E-state index contributed by atoms with van der Waals surface area (Å²) in [6.07, 6.45) is 6.42. The smallest absolute Gasteiger partial charge is 0.164 e. The summed E-state index contributed by atoms with van der Waals surface area (Å²) >= 11 is 0. The molecular formula is C35H43FN8O2. The lowest BCUT2D eigenvalue weighted by atomic mass is 9.90. The molecule has 5 aromatic rings. The van der Waals surface area contributed by atoms with Crippen LogP contribution in [0.25, 0.3) is 33.2 Å². The van der Waals surface area contributed by atoms with E-state index in [1.807, 2.05) is 12.1 Å². The Balaban J connectivity index is 1.04. The minimum atomic E-state index is -0.193. The molecule has 1 aliphatic heterocycles. The summed E-state index contributed by atoms with van der Waals surface area (Å²) < 4.78 is 27.1. The summed E-state index contributed by atoms with van der Waals surface area (Å²) in [4.78, 5) is 17.6. The number of aromatic nitrogens is 5. The number of fused-ring (bicyclic) bond motifs is 2. The molecule has 0 bridgehead atoms. The molecule has 2 fully saturated rings. The number of nitrogens with two attached hydrogens (primary N) is 1. The van der Waals surface area contributed by atoms with Gasteiger partial charge in [0.25, 0.3) is 0 Å². The van der Waals surface area contributed by atoms with Crippen LogP contribution in [-0.2, 0) is 15.9 Å². The van der Waals surface area contributed by atoms with Gasteiger partial charge in [-0.3, -0.25) is 9.80 Å². The maximum Gasteiger partial charge on any atom is 0.164 e. The fourth-order valence-corrected chi connectivity index (χ4v) is 7.19. The Morgan fingerprint density at radius 2 is 1.74 bits per heavy atom. The first-order valence-electron chi connectivity index (χ1n) is 16.4. The van der Waals surface area contributed by atoms with Crippen LogP contribution in [0.5, 0.6) is 0 Å². The molecule has 3 aromatic heterocycles. The van der Waals surface area contributed by atoms with E-state index in [1.165, 1.54) is 12.4 Å². The third kappa shape index (κ3) is 6.50. The Morgan fingerprint density at radius 3 is 2.54 bits per heavy atom. The molecule has 0 amide bonds. The van der Waals surface area contributed by atoms with Crippen molar-refractivity contribution in [1.82, 2.24) is 34.5 Å². The highest BCUT2D eigenvalue weighted by Crippen LogP contribution is 2.38. The molecule has 0 atom stereocenters. The number of nitrogens with one attached hydrogen (secondary N) is 1. The van der Waals surface area contributed by atoms with Crippen LogP contribution in [-0.4, -0.2) is 100 Å². The average molecular weight is 627 g/mol. The number of methoxy groups -OCH3 is 1. The molecule has 1 aliphatic carbocycles. The lowest BCUT2D eigenvalue weighted by Crippen LogP contribution is -2.51. The molecule has 1 saturated heterocycles. The Hall–Kier alpha value is -3.90. The summed E-state index contributed by atoms with van der Waals surface area (Å²) in [6, 6.07) is 16.1. The number of halogens is 1. The quantitative estimate of drug-likeness (QED) is 0.196. The fraction of sp³-hybridized carbons (Fsp3) is 0.457. The van der Waals surface area contributed by atoms with Crippen LogP contribution in [0.15, 0.2) is 54.9 Å². The van der Waals surface area contributed by atoms with Gasteiger partial charge in [-0.2, -0.15) is 5.10 Å². The van der Waals surface area contributed by atoms with E-state index < -0.39 is 0 Å². The molecule has 10 nitrogen and oxygen atoms in total. The molecule has 2 aromatic carbocycles. The predicted octanol–water partition coefficient (Wildman–Crippen LogP) is 5.05. The molecule has 0 spiro atoms. The largest absolute Gasteiger partial charge is 0.383 e. The van der Waals surface area contributed by atoms with Crippen molar-refractivity contribution in [2.24, 2.45) is 0 Å². The van der Waals surface area contributed by atoms with Gasteiger partial charge in [-0.25, -0.2) is 19.0 Å². The van der Waals surface area contributed by atoms with Crippen molar-refractivity contribution in [1.29, 1.82) is 0 Å². The standard InChI is InChI=1S/C35H43FN8O2/c1-45-18-19-46-17-16-42-12-14-43(15-13-42)28-7-9-29(10-8-28)44-35-32(34(37)38-23-39-35)33(41-44)25-6-11-31-26(20-25)22-27(40-31)21-24-4-2-3-5-30(24)36/h2-6,11,20,22-23,28-29,40H,7-10,12-19,21H2,1H3,(H2,37,38,39)/t28-,29-. The van der Waals surface area contributed by atoms with Crippen molar-refractivity contribution < 1.29 is 13.9 Å². The van der Waals surface area contributed by atoms with Crippen LogP contribution < -0.4 is 5.73 Å². The minimum absolute atomic E-state index is 0.193. The number of rotatable bonds is 11. The number of H-pyrrole nitrogens is 1. The summed E-state index contributed by atoms with van der Waals surface area (Å²) in [5.74, 6) is 0.248. The summed E-state index contributed by atoms with van der Waals surface area (Å²) in [6.45, 7) is 7.45. The first-order chi connectivity index (χ1) is 22.6. The van der Waals surface area contributed by atoms with Crippen molar-refractivity contribution >= 4 is 27.8 Å². The van der Waals surface area contributed by atoms with Gasteiger partial charge in [0, 0.05) is 74.5 Å². The normalized spacial score (nSPS) is 19.8. The zero-order valence-electron chi connectivity index (χ0n) is 26.5. The van der Waals surface area contributed by atoms with Crippen molar-refractivity contribution in [3.8, 4) is 11.3 Å². The van der Waals surface area contributed by atoms with Gasteiger partial charge in [0.2, 0.25) is 0 Å². The van der Waals surface area contributed by atoms with Gasteiger partial charge in [0.1, 0.15) is 23.7 Å². The van der Waals surface area contributed by atoms with Crippen LogP contribution in [0.4, 0.5) is 10.2 Å². The van der Waals surface area contributed by atoms with E-state index in [-0.39, 0.29) is 11.9 Å². The third-order valence-electron chi connectivity index (χ3n) is 9.73. The van der Waals surface area contributed by atoms with Gasteiger partial charge in [-0.15, -0.1) is 0 Å². The van der Waals surface area contributed by atoms with Crippen molar-refractivity contribution in [3.05, 3.63) is 71.9 Å². The molecule has 3 N–H and O–H groups in total. The summed E-state index contributed by atoms with van der Waals surface area (Å²) in [7, 11) is 1.70. The minimum Gasteiger partial charge on any atom is -0.383 e. The molecule has 1 saturated carbocycles. The van der Waals surface area contributed by atoms with Crippen molar-refractivity contribution in [2.45, 2.75) is 44.2 Å². The Morgan fingerprint density at radius 1 is 0.935 bits per heavy atom. The van der Waals surface area contributed by atoms with Gasteiger partial charge in [0.15, 0.2) is 5.65 Å². The van der Waals surface area contributed by atoms with Gasteiger partial charge in [-0.1, -0.05) is 24.3 Å². The number of piperazine rings is 1. The van der Waals surface area contributed by atoms with Crippen LogP contribution in [0.2, 0.25) is 0 Å². The maximum absolute atomic E-state index is 14.3. The van der Waals surface area contributed by atoms with Gasteiger partial charge in [0.05, 0.1) is 31.2 Å². The van der Waals surface area contributed by atoms with E-state index in [4.69, 9.17) is 20.3 Å². The van der Waals surface area contributed by atoms with Crippen molar-refractivity contribution in [2.75, 3.05) is 65.4 Å². The lowest BCUT2D eigenvalue weighted by molar-refractivity contribution is 0.0338. The van der Waals surface area contributed by atoms with Crippen LogP contribution >= 0.6 is 0 Å². The lowest BCUT2D eigenvalue weighted by Gasteiger charge is -2.42. The highest BCUT2D eigenvalue weighted by Gasteiger charge is 2.31. The summed E-state index contributed by atoms with van der Waals surface area (Å²) in [5, 5.41) is 7.01. The second kappa shape index (κ2) is 13.8. The average Bonchev–Trinajstić information content (AvgIpc) is 3.68. The van der Waals surface area contributed by atoms with E-state index in [9.17, 15) is 4.39 Å². The molecule has 242 valence electrons. The zero-order chi connectivity index (χ0) is 31.5. The summed E-state index contributed by atoms with van der Waals surface area (Å²) in [5.41, 5.74) is 11.6. The zero-order valence-corrected chi connectivity index (χ0v) is 26.5. The predicted molar refractivity (Wildman–Crippen MR) is 178 cm³/mol. The Bertz CT molecular complexity index is 1770. The van der Waals surface area contributed by atoms with Gasteiger partial charge < -0.3 is 20.2 Å². The molecule has 7 rings (SSSR count).